The van der Waals surface area contributed by atoms with Gasteiger partial charge in [0, 0.05) is 48.0 Å². The van der Waals surface area contributed by atoms with Gasteiger partial charge in [-0.2, -0.15) is 10.4 Å². The minimum absolute atomic E-state index is 0.0751. The molecule has 4 aromatic rings. The van der Waals surface area contributed by atoms with E-state index in [-0.39, 0.29) is 11.5 Å². The summed E-state index contributed by atoms with van der Waals surface area (Å²) >= 11 is 0. The Balaban J connectivity index is 1.65. The molecule has 34 heavy (non-hydrogen) atoms. The van der Waals surface area contributed by atoms with Crippen LogP contribution in [0.15, 0.2) is 90.9 Å². The molecule has 4 rings (SSSR count). The minimum atomic E-state index is -0.553. The number of rotatable bonds is 6. The Kier molecular flexibility index (Phi) is 6.56. The average molecular weight is 448 g/mol. The molecule has 0 atom stereocenters. The Morgan fingerprint density at radius 1 is 0.941 bits per heavy atom. The molecule has 0 aliphatic carbocycles. The van der Waals surface area contributed by atoms with E-state index in [1.807, 2.05) is 48.5 Å². The number of benzene rings is 2. The van der Waals surface area contributed by atoms with Gasteiger partial charge in [0.1, 0.15) is 17.3 Å². The maximum absolute atomic E-state index is 12.8. The van der Waals surface area contributed by atoms with Crippen molar-refractivity contribution in [2.75, 3.05) is 10.6 Å². The van der Waals surface area contributed by atoms with E-state index in [2.05, 4.69) is 20.7 Å². The molecule has 0 aliphatic heterocycles. The molecule has 0 fully saturated rings. The number of nitrogens with one attached hydrogen (secondary N) is 2. The number of para-hydroxylation sites is 1. The third-order valence-corrected chi connectivity index (χ3v) is 4.85. The number of carbonyl (C=O) groups is 2. The zero-order valence-electron chi connectivity index (χ0n) is 18.3. The van der Waals surface area contributed by atoms with Gasteiger partial charge in [0.05, 0.1) is 5.69 Å². The van der Waals surface area contributed by atoms with E-state index in [0.717, 1.165) is 11.3 Å². The number of hydrogen-bond acceptors (Lipinski definition) is 5. The highest BCUT2D eigenvalue weighted by atomic mass is 16.2. The number of anilines is 2. The Labute approximate surface area is 196 Å². The predicted molar refractivity (Wildman–Crippen MR) is 130 cm³/mol. The summed E-state index contributed by atoms with van der Waals surface area (Å²) in [6, 6.07) is 21.8. The van der Waals surface area contributed by atoms with Gasteiger partial charge in [0.2, 0.25) is 5.91 Å². The van der Waals surface area contributed by atoms with Crippen molar-refractivity contribution in [3.8, 4) is 23.0 Å². The van der Waals surface area contributed by atoms with Crippen molar-refractivity contribution in [2.45, 2.75) is 6.92 Å². The van der Waals surface area contributed by atoms with E-state index in [4.69, 9.17) is 0 Å². The maximum Gasteiger partial charge on any atom is 0.266 e. The summed E-state index contributed by atoms with van der Waals surface area (Å²) in [5.74, 6) is -0.740. The lowest BCUT2D eigenvalue weighted by molar-refractivity contribution is -0.114. The van der Waals surface area contributed by atoms with Crippen molar-refractivity contribution < 1.29 is 9.59 Å². The van der Waals surface area contributed by atoms with E-state index in [9.17, 15) is 14.9 Å². The summed E-state index contributed by atoms with van der Waals surface area (Å²) in [4.78, 5) is 28.0. The fourth-order valence-corrected chi connectivity index (χ4v) is 3.28. The van der Waals surface area contributed by atoms with Crippen molar-refractivity contribution in [3.05, 3.63) is 96.5 Å². The molecule has 0 spiro atoms. The van der Waals surface area contributed by atoms with Crippen LogP contribution >= 0.6 is 0 Å². The van der Waals surface area contributed by atoms with Crippen LogP contribution in [-0.4, -0.2) is 26.6 Å². The second kappa shape index (κ2) is 10.1. The van der Waals surface area contributed by atoms with Gasteiger partial charge in [-0.1, -0.05) is 18.2 Å². The number of amides is 2. The van der Waals surface area contributed by atoms with Gasteiger partial charge in [-0.25, -0.2) is 4.68 Å². The fourth-order valence-electron chi connectivity index (χ4n) is 3.28. The van der Waals surface area contributed by atoms with Gasteiger partial charge in [0.15, 0.2) is 0 Å². The number of pyridine rings is 1. The highest BCUT2D eigenvalue weighted by Gasteiger charge is 2.15. The van der Waals surface area contributed by atoms with Crippen LogP contribution in [0.3, 0.4) is 0 Å². The first-order valence-electron chi connectivity index (χ1n) is 10.4. The molecular formula is C26H20N6O2. The monoisotopic (exact) mass is 448 g/mol. The molecule has 0 radical (unpaired) electrons. The highest BCUT2D eigenvalue weighted by molar-refractivity contribution is 6.10. The molecule has 2 aromatic heterocycles. The quantitative estimate of drug-likeness (QED) is 0.334. The summed E-state index contributed by atoms with van der Waals surface area (Å²) < 4.78 is 1.70. The number of nitrogens with zero attached hydrogens (tertiary/aromatic N) is 4. The van der Waals surface area contributed by atoms with Crippen LogP contribution in [0, 0.1) is 11.3 Å². The lowest BCUT2D eigenvalue weighted by Gasteiger charge is -2.06. The molecule has 0 saturated heterocycles. The Morgan fingerprint density at radius 3 is 2.21 bits per heavy atom. The maximum atomic E-state index is 12.8. The Hall–Kier alpha value is -5.03. The largest absolute Gasteiger partial charge is 0.326 e. The molecule has 0 unspecified atom stereocenters. The Morgan fingerprint density at radius 2 is 1.59 bits per heavy atom. The van der Waals surface area contributed by atoms with Crippen molar-refractivity contribution in [3.63, 3.8) is 0 Å². The molecule has 166 valence electrons. The van der Waals surface area contributed by atoms with E-state index in [0.29, 0.717) is 22.6 Å². The summed E-state index contributed by atoms with van der Waals surface area (Å²) in [5, 5.41) is 19.8. The number of aromatic nitrogens is 3. The van der Waals surface area contributed by atoms with Crippen molar-refractivity contribution in [1.29, 1.82) is 5.26 Å². The van der Waals surface area contributed by atoms with Gasteiger partial charge >= 0.3 is 0 Å². The first-order valence-corrected chi connectivity index (χ1v) is 10.4. The van der Waals surface area contributed by atoms with Crippen LogP contribution < -0.4 is 10.6 Å². The predicted octanol–water partition coefficient (Wildman–Crippen LogP) is 4.44. The normalized spacial score (nSPS) is 10.9. The molecular weight excluding hydrogens is 428 g/mol. The molecule has 8 heteroatoms. The number of nitriles is 1. The van der Waals surface area contributed by atoms with Gasteiger partial charge in [-0.3, -0.25) is 14.6 Å². The smallest absolute Gasteiger partial charge is 0.266 e. The van der Waals surface area contributed by atoms with Gasteiger partial charge in [-0.15, -0.1) is 0 Å². The average Bonchev–Trinajstić information content (AvgIpc) is 3.28. The zero-order valence-corrected chi connectivity index (χ0v) is 18.3. The SMILES string of the molecule is CC(=O)Nc1ccc(NC(=O)/C(C#N)=C/c2cn(-c3ccccc3)nc2-c2ccncc2)cc1. The van der Waals surface area contributed by atoms with E-state index in [1.165, 1.54) is 13.0 Å². The summed E-state index contributed by atoms with van der Waals surface area (Å²) in [7, 11) is 0. The molecule has 2 amide bonds. The lowest BCUT2D eigenvalue weighted by atomic mass is 10.1. The molecule has 0 bridgehead atoms. The third-order valence-electron chi connectivity index (χ3n) is 4.85. The van der Waals surface area contributed by atoms with Crippen LogP contribution in [0.1, 0.15) is 12.5 Å². The van der Waals surface area contributed by atoms with Gasteiger partial charge in [0.25, 0.3) is 5.91 Å². The lowest BCUT2D eigenvalue weighted by Crippen LogP contribution is -2.13. The van der Waals surface area contributed by atoms with Crippen LogP contribution in [-0.2, 0) is 9.59 Å². The van der Waals surface area contributed by atoms with Crippen molar-refractivity contribution >= 4 is 29.3 Å². The summed E-state index contributed by atoms with van der Waals surface area (Å²) in [6.45, 7) is 1.42. The van der Waals surface area contributed by atoms with Crippen LogP contribution in [0.2, 0.25) is 0 Å². The van der Waals surface area contributed by atoms with E-state index < -0.39 is 5.91 Å². The molecule has 2 aromatic carbocycles. The first kappa shape index (κ1) is 22.2. The molecule has 8 nitrogen and oxygen atoms in total. The summed E-state index contributed by atoms with van der Waals surface area (Å²) in [5.41, 5.74) is 3.91. The van der Waals surface area contributed by atoms with Crippen LogP contribution in [0.4, 0.5) is 11.4 Å². The third kappa shape index (κ3) is 5.23. The van der Waals surface area contributed by atoms with Crippen LogP contribution in [0.25, 0.3) is 23.0 Å². The van der Waals surface area contributed by atoms with E-state index >= 15 is 0 Å². The van der Waals surface area contributed by atoms with Crippen LogP contribution in [0.5, 0.6) is 0 Å². The van der Waals surface area contributed by atoms with Crippen molar-refractivity contribution in [1.82, 2.24) is 14.8 Å². The summed E-state index contributed by atoms with van der Waals surface area (Å²) in [6.07, 6.45) is 6.61. The standard InChI is InChI=1S/C26H20N6O2/c1-18(33)29-22-7-9-23(10-8-22)30-26(34)20(16-27)15-21-17-32(24-5-3-2-4-6-24)31-25(21)19-11-13-28-14-12-19/h2-15,17H,1H3,(H,29,33)(H,30,34)/b20-15+. The topological polar surface area (TPSA) is 113 Å². The molecule has 2 heterocycles. The van der Waals surface area contributed by atoms with Crippen molar-refractivity contribution in [2.24, 2.45) is 0 Å². The number of carbonyl (C=O) groups excluding carboxylic acids is 2. The first-order chi connectivity index (χ1) is 16.5. The zero-order chi connectivity index (χ0) is 23.9. The minimum Gasteiger partial charge on any atom is -0.326 e. The molecule has 2 N–H and O–H groups in total. The second-order valence-electron chi connectivity index (χ2n) is 7.33. The highest BCUT2D eigenvalue weighted by Crippen LogP contribution is 2.25. The molecule has 0 aliphatic rings. The Bertz CT molecular complexity index is 1380. The molecule has 0 saturated carbocycles. The van der Waals surface area contributed by atoms with E-state index in [1.54, 1.807) is 47.5 Å². The van der Waals surface area contributed by atoms with Gasteiger partial charge in [-0.05, 0) is 54.6 Å². The number of hydrogen-bond donors (Lipinski definition) is 2. The fraction of sp³-hybridized carbons (Fsp3) is 0.0385. The van der Waals surface area contributed by atoms with Gasteiger partial charge < -0.3 is 10.6 Å². The second-order valence-corrected chi connectivity index (χ2v) is 7.33.